The summed E-state index contributed by atoms with van der Waals surface area (Å²) < 4.78 is 62.4. The van der Waals surface area contributed by atoms with E-state index in [4.69, 9.17) is 22.7 Å². The molecule has 0 aliphatic carbocycles. The van der Waals surface area contributed by atoms with E-state index in [-0.39, 0.29) is 23.5 Å². The van der Waals surface area contributed by atoms with Crippen LogP contribution in [-0.4, -0.2) is 39.9 Å². The number of sulfonamides is 1. The Morgan fingerprint density at radius 2 is 2.08 bits per heavy atom. The zero-order valence-electron chi connectivity index (χ0n) is 12.8. The quantitative estimate of drug-likeness (QED) is 0.582. The van der Waals surface area contributed by atoms with E-state index in [1.165, 1.54) is 25.2 Å². The first-order valence-electron chi connectivity index (χ1n) is 6.47. The molecule has 1 unspecified atom stereocenters. The number of nitrogens with one attached hydrogen (secondary N) is 1. The highest BCUT2D eigenvalue weighted by molar-refractivity contribution is 7.92. The number of rotatable bonds is 6. The van der Waals surface area contributed by atoms with Gasteiger partial charge < -0.3 is 11.1 Å². The summed E-state index contributed by atoms with van der Waals surface area (Å²) in [6.45, 7) is -0.293. The highest BCUT2D eigenvalue weighted by Crippen LogP contribution is 2.28. The summed E-state index contributed by atoms with van der Waals surface area (Å²) in [6.07, 6.45) is -3.59. The Balaban J connectivity index is 3.21. The number of hydrogen-bond acceptors (Lipinski definition) is 4. The van der Waals surface area contributed by atoms with Gasteiger partial charge in [0.1, 0.15) is 11.8 Å². The van der Waals surface area contributed by atoms with Gasteiger partial charge in [-0.1, -0.05) is 17.7 Å². The van der Waals surface area contributed by atoms with Gasteiger partial charge in [-0.2, -0.15) is 13.2 Å². The van der Waals surface area contributed by atoms with Crippen LogP contribution in [0.4, 0.5) is 18.9 Å². The monoisotopic (exact) mass is 384 g/mol. The third-order valence-electron chi connectivity index (χ3n) is 3.15. The minimum atomic E-state index is -4.72. The summed E-state index contributed by atoms with van der Waals surface area (Å²) in [5.41, 5.74) is 5.83. The molecule has 0 amide bonds. The van der Waals surface area contributed by atoms with Gasteiger partial charge in [0.25, 0.3) is 0 Å². The maximum Gasteiger partial charge on any atom is 0.403 e. The van der Waals surface area contributed by atoms with Crippen LogP contribution in [0.25, 0.3) is 0 Å². The van der Waals surface area contributed by atoms with E-state index in [2.05, 4.69) is 4.99 Å². The zero-order chi connectivity index (χ0) is 18.7. The lowest BCUT2D eigenvalue weighted by molar-refractivity contribution is -0.138. The van der Waals surface area contributed by atoms with E-state index in [0.717, 1.165) is 10.6 Å². The molecule has 0 spiro atoms. The predicted molar refractivity (Wildman–Crippen MR) is 88.4 cm³/mol. The summed E-state index contributed by atoms with van der Waals surface area (Å²) in [6, 6.07) is 4.27. The Morgan fingerprint density at radius 1 is 1.50 bits per heavy atom. The number of anilines is 1. The first-order chi connectivity index (χ1) is 10.9. The van der Waals surface area contributed by atoms with Crippen LogP contribution in [0.1, 0.15) is 5.56 Å². The van der Waals surface area contributed by atoms with Gasteiger partial charge in [-0.15, -0.1) is 0 Å². The lowest BCUT2D eigenvalue weighted by Crippen LogP contribution is -2.37. The largest absolute Gasteiger partial charge is 0.403 e. The summed E-state index contributed by atoms with van der Waals surface area (Å²) in [5, 5.41) is 7.10. The van der Waals surface area contributed by atoms with E-state index >= 15 is 0 Å². The van der Waals surface area contributed by atoms with Crippen molar-refractivity contribution in [2.45, 2.75) is 12.7 Å². The molecule has 1 aromatic carbocycles. The van der Waals surface area contributed by atoms with Crippen molar-refractivity contribution in [3.63, 3.8) is 0 Å². The van der Waals surface area contributed by atoms with E-state index in [9.17, 15) is 21.6 Å². The van der Waals surface area contributed by atoms with Crippen LogP contribution in [0.15, 0.2) is 23.2 Å². The van der Waals surface area contributed by atoms with Gasteiger partial charge in [-0.05, 0) is 17.7 Å². The smallest absolute Gasteiger partial charge is 0.387 e. The fourth-order valence-corrected chi connectivity index (χ4v) is 2.46. The standard InChI is InChI=1S/C13H16ClF3N4O2S/c1-21(24(2,22)23)11-5-9(14)4-3-8(11)7-20-12(19)10(6-18)13(15,16)17/h3-6,10,18H,7H2,1-2H3,(H2,19,20). The van der Waals surface area contributed by atoms with Crippen molar-refractivity contribution in [2.75, 3.05) is 17.6 Å². The highest BCUT2D eigenvalue weighted by Gasteiger charge is 2.40. The molecular weight excluding hydrogens is 369 g/mol. The van der Waals surface area contributed by atoms with Gasteiger partial charge >= 0.3 is 6.18 Å². The Kier molecular flexibility index (Phi) is 6.23. The fourth-order valence-electron chi connectivity index (χ4n) is 1.76. The van der Waals surface area contributed by atoms with Crippen LogP contribution in [-0.2, 0) is 16.6 Å². The van der Waals surface area contributed by atoms with Crippen LogP contribution in [0.2, 0.25) is 5.02 Å². The molecule has 3 N–H and O–H groups in total. The molecule has 0 aliphatic rings. The van der Waals surface area contributed by atoms with Crippen LogP contribution < -0.4 is 10.0 Å². The Bertz CT molecular complexity index is 750. The highest BCUT2D eigenvalue weighted by atomic mass is 35.5. The average molecular weight is 385 g/mol. The SMILES string of the molecule is CN(c1cc(Cl)ccc1CN=C(N)C(C=N)C(F)(F)F)S(C)(=O)=O. The van der Waals surface area contributed by atoms with E-state index in [0.29, 0.717) is 5.56 Å². The Hall–Kier alpha value is -1.81. The predicted octanol–water partition coefficient (Wildman–Crippen LogP) is 2.42. The Labute approximate surface area is 142 Å². The van der Waals surface area contributed by atoms with Crippen LogP contribution in [0.5, 0.6) is 0 Å². The molecular formula is C13H16ClF3N4O2S. The van der Waals surface area contributed by atoms with Crippen LogP contribution >= 0.6 is 11.6 Å². The summed E-state index contributed by atoms with van der Waals surface area (Å²) >= 11 is 5.85. The first-order valence-corrected chi connectivity index (χ1v) is 8.70. The molecule has 0 radical (unpaired) electrons. The second kappa shape index (κ2) is 7.39. The number of halogens is 4. The molecule has 11 heteroatoms. The number of hydrogen-bond donors (Lipinski definition) is 2. The summed E-state index contributed by atoms with van der Waals surface area (Å²) in [7, 11) is -2.31. The average Bonchev–Trinajstić information content (AvgIpc) is 2.43. The molecule has 134 valence electrons. The third-order valence-corrected chi connectivity index (χ3v) is 4.58. The molecule has 0 heterocycles. The summed E-state index contributed by atoms with van der Waals surface area (Å²) in [4.78, 5) is 3.65. The van der Waals surface area contributed by atoms with Crippen molar-refractivity contribution in [1.82, 2.24) is 0 Å². The van der Waals surface area contributed by atoms with Gasteiger partial charge in [-0.25, -0.2) is 8.42 Å². The molecule has 1 aromatic rings. The number of nitrogens with two attached hydrogens (primary N) is 1. The fraction of sp³-hybridized carbons (Fsp3) is 0.385. The van der Waals surface area contributed by atoms with Gasteiger partial charge in [0.05, 0.1) is 18.5 Å². The molecule has 0 aliphatic heterocycles. The van der Waals surface area contributed by atoms with Crippen molar-refractivity contribution in [3.8, 4) is 0 Å². The normalized spacial score (nSPS) is 14.3. The molecule has 0 saturated heterocycles. The number of alkyl halides is 3. The minimum Gasteiger partial charge on any atom is -0.387 e. The molecule has 1 rings (SSSR count). The van der Waals surface area contributed by atoms with E-state index in [1.54, 1.807) is 0 Å². The number of aliphatic imine (C=N–C) groups is 1. The molecule has 6 nitrogen and oxygen atoms in total. The molecule has 0 saturated carbocycles. The lowest BCUT2D eigenvalue weighted by atomic mass is 10.1. The number of nitrogens with zero attached hydrogens (tertiary/aromatic N) is 2. The summed E-state index contributed by atoms with van der Waals surface area (Å²) in [5.74, 6) is -3.07. The second-order valence-electron chi connectivity index (χ2n) is 4.93. The molecule has 0 fully saturated rings. The lowest BCUT2D eigenvalue weighted by Gasteiger charge is -2.20. The number of benzene rings is 1. The number of amidine groups is 1. The molecule has 24 heavy (non-hydrogen) atoms. The van der Waals surface area contributed by atoms with Gasteiger partial charge in [0.2, 0.25) is 10.0 Å². The van der Waals surface area contributed by atoms with Crippen molar-refractivity contribution in [3.05, 3.63) is 28.8 Å². The Morgan fingerprint density at radius 3 is 2.54 bits per heavy atom. The molecule has 1 atom stereocenters. The van der Waals surface area contributed by atoms with Crippen molar-refractivity contribution >= 4 is 39.4 Å². The van der Waals surface area contributed by atoms with Gasteiger partial charge in [0.15, 0.2) is 0 Å². The van der Waals surface area contributed by atoms with E-state index in [1.807, 2.05) is 0 Å². The van der Waals surface area contributed by atoms with Gasteiger partial charge in [0, 0.05) is 18.3 Å². The van der Waals surface area contributed by atoms with Crippen LogP contribution in [0.3, 0.4) is 0 Å². The second-order valence-corrected chi connectivity index (χ2v) is 7.38. The van der Waals surface area contributed by atoms with Crippen molar-refractivity contribution in [1.29, 1.82) is 5.41 Å². The van der Waals surface area contributed by atoms with E-state index < -0.39 is 28.0 Å². The van der Waals surface area contributed by atoms with Crippen molar-refractivity contribution < 1.29 is 21.6 Å². The van der Waals surface area contributed by atoms with Gasteiger partial charge in [-0.3, -0.25) is 9.30 Å². The topological polar surface area (TPSA) is 99.6 Å². The molecule has 0 bridgehead atoms. The third kappa shape index (κ3) is 5.10. The maximum atomic E-state index is 12.7. The molecule has 0 aromatic heterocycles. The van der Waals surface area contributed by atoms with Crippen molar-refractivity contribution in [2.24, 2.45) is 16.6 Å². The minimum absolute atomic E-state index is 0.157. The maximum absolute atomic E-state index is 12.7. The first kappa shape index (κ1) is 20.2. The van der Waals surface area contributed by atoms with Crippen LogP contribution in [0, 0.1) is 11.3 Å². The zero-order valence-corrected chi connectivity index (χ0v) is 14.4.